The van der Waals surface area contributed by atoms with E-state index >= 15 is 8.78 Å². The van der Waals surface area contributed by atoms with Crippen molar-refractivity contribution in [3.63, 3.8) is 0 Å². The third-order valence-electron chi connectivity index (χ3n) is 13.7. The fourth-order valence-corrected chi connectivity index (χ4v) is 10.6. The van der Waals surface area contributed by atoms with Crippen LogP contribution in [0.15, 0.2) is 48.5 Å². The van der Waals surface area contributed by atoms with Gasteiger partial charge in [-0.05, 0) is 79.6 Å². The largest absolute Gasteiger partial charge is 0.370 e. The molecule has 3 fully saturated rings. The smallest absolute Gasteiger partial charge is 0.262 e. The Morgan fingerprint density at radius 2 is 1.57 bits per heavy atom. The van der Waals surface area contributed by atoms with Gasteiger partial charge in [-0.3, -0.25) is 44.0 Å². The number of likely N-dealkylation sites (tertiary alicyclic amines) is 1. The maximum Gasteiger partial charge on any atom is 0.262 e. The number of para-hydroxylation sites is 1. The van der Waals surface area contributed by atoms with E-state index in [1.165, 1.54) is 17.0 Å². The number of hydrogen-bond donors (Lipinski definition) is 2. The normalized spacial score (nSPS) is 24.0. The summed E-state index contributed by atoms with van der Waals surface area (Å²) >= 11 is 0. The number of nitrogens with one attached hydrogen (secondary N) is 2. The summed E-state index contributed by atoms with van der Waals surface area (Å²) in [6, 6.07) is 11.1. The number of alkyl halides is 2. The molecule has 60 heavy (non-hydrogen) atoms. The number of halogens is 4. The van der Waals surface area contributed by atoms with Crippen molar-refractivity contribution in [1.29, 1.82) is 0 Å². The van der Waals surface area contributed by atoms with Crippen LogP contribution >= 0.6 is 0 Å². The molecule has 3 saturated heterocycles. The molecule has 312 valence electrons. The lowest BCUT2D eigenvalue weighted by Gasteiger charge is -2.55. The number of fused-ring (bicyclic) bond motifs is 5. The Labute approximate surface area is 342 Å². The molecule has 1 unspecified atom stereocenters. The van der Waals surface area contributed by atoms with Crippen LogP contribution in [0, 0.1) is 17.0 Å². The second-order valence-corrected chi connectivity index (χ2v) is 17.4. The van der Waals surface area contributed by atoms with Crippen molar-refractivity contribution < 1.29 is 41.5 Å². The zero-order valence-electron chi connectivity index (χ0n) is 32.9. The van der Waals surface area contributed by atoms with Gasteiger partial charge in [-0.15, -0.1) is 0 Å². The molecule has 6 aliphatic rings. The monoisotopic (exact) mass is 825 g/mol. The zero-order chi connectivity index (χ0) is 41.8. The van der Waals surface area contributed by atoms with E-state index in [2.05, 4.69) is 10.3 Å². The Morgan fingerprint density at radius 1 is 0.917 bits per heavy atom. The lowest BCUT2D eigenvalue weighted by Crippen LogP contribution is -2.61. The minimum absolute atomic E-state index is 0.0340. The Morgan fingerprint density at radius 3 is 2.20 bits per heavy atom. The number of anilines is 1. The van der Waals surface area contributed by atoms with Crippen LogP contribution in [0.2, 0.25) is 0 Å². The fraction of sp³-hybridized carbons (Fsp3) is 0.432. The first-order chi connectivity index (χ1) is 28.8. The van der Waals surface area contributed by atoms with Crippen LogP contribution in [0.3, 0.4) is 0 Å². The molecule has 0 saturated carbocycles. The van der Waals surface area contributed by atoms with Gasteiger partial charge in [0.15, 0.2) is 0 Å². The van der Waals surface area contributed by atoms with Gasteiger partial charge >= 0.3 is 0 Å². The van der Waals surface area contributed by atoms with Crippen molar-refractivity contribution in [3.8, 4) is 0 Å². The van der Waals surface area contributed by atoms with Crippen LogP contribution in [0.5, 0.6) is 0 Å². The topological polar surface area (TPSA) is 129 Å². The molecule has 5 amide bonds. The van der Waals surface area contributed by atoms with E-state index < -0.39 is 60.3 Å². The maximum absolute atomic E-state index is 16.2. The number of aromatic nitrogens is 1. The summed E-state index contributed by atoms with van der Waals surface area (Å²) in [4.78, 5) is 75.7. The molecule has 10 rings (SSSR count). The summed E-state index contributed by atoms with van der Waals surface area (Å²) in [6.45, 7) is 4.40. The summed E-state index contributed by atoms with van der Waals surface area (Å²) in [5, 5.41) is 3.12. The maximum atomic E-state index is 16.2. The number of benzene rings is 3. The summed E-state index contributed by atoms with van der Waals surface area (Å²) in [5.41, 5.74) is 4.35. The average molecular weight is 826 g/mol. The van der Waals surface area contributed by atoms with Crippen LogP contribution in [-0.4, -0.2) is 112 Å². The molecule has 3 aromatic carbocycles. The lowest BCUT2D eigenvalue weighted by molar-refractivity contribution is -0.137. The summed E-state index contributed by atoms with van der Waals surface area (Å²) in [5.74, 6) is -3.83. The number of aromatic amines is 1. The van der Waals surface area contributed by atoms with Gasteiger partial charge in [-0.2, -0.15) is 0 Å². The standard InChI is InChI=1S/C44H43F4N7O5/c1-23-12-28-27-4-2-3-5-33(27)49-39(28)40(54(23)19-35(47)48)38-31(45)15-26(16-32(38)46)53-21-44(22-53)8-10-52(11-9-44)37(57)20-51-17-24-13-29-30(14-25(24)18-51)43(60)55(42(29)59)34-6-7-36(56)50-41(34)58/h2-5,13-16,23,34-35,40,49H,6-12,17-22H2,1H3,(H,50,56,58)/t23-,34?,40-/m0/s1. The Bertz CT molecular complexity index is 2440. The van der Waals surface area contributed by atoms with E-state index in [0.29, 0.717) is 57.1 Å². The highest BCUT2D eigenvalue weighted by molar-refractivity contribution is 6.23. The molecular weight excluding hydrogens is 783 g/mol. The first-order valence-electron chi connectivity index (χ1n) is 20.5. The first kappa shape index (κ1) is 38.6. The van der Waals surface area contributed by atoms with E-state index in [1.54, 1.807) is 12.1 Å². The SMILES string of the molecule is C[C@H]1Cc2c([nH]c3ccccc23)[C@H](c2c(F)cc(N3CC4(CCN(C(=O)CN5Cc6cc7c(cc6C5)C(=O)N(C5CCC(=O)NC5=O)C7=O)CC4)C3)cc2F)N1CC(F)F. The molecule has 16 heteroatoms. The van der Waals surface area contributed by atoms with Gasteiger partial charge in [-0.25, -0.2) is 17.6 Å². The van der Waals surface area contributed by atoms with Crippen molar-refractivity contribution in [2.24, 2.45) is 5.41 Å². The molecule has 12 nitrogen and oxygen atoms in total. The van der Waals surface area contributed by atoms with Gasteiger partial charge < -0.3 is 14.8 Å². The highest BCUT2D eigenvalue weighted by Gasteiger charge is 2.48. The molecule has 3 atom stereocenters. The van der Waals surface area contributed by atoms with Crippen molar-refractivity contribution in [2.75, 3.05) is 44.2 Å². The molecule has 2 N–H and O–H groups in total. The molecule has 0 aliphatic carbocycles. The minimum atomic E-state index is -2.69. The second kappa shape index (κ2) is 14.3. The first-order valence-corrected chi connectivity index (χ1v) is 20.5. The van der Waals surface area contributed by atoms with Crippen molar-refractivity contribution >= 4 is 46.1 Å². The number of piperidine rings is 2. The molecular formula is C44H43F4N7O5. The van der Waals surface area contributed by atoms with E-state index in [4.69, 9.17) is 0 Å². The average Bonchev–Trinajstić information content (AvgIpc) is 3.84. The highest BCUT2D eigenvalue weighted by Crippen LogP contribution is 2.46. The van der Waals surface area contributed by atoms with Gasteiger partial charge in [0.1, 0.15) is 17.7 Å². The molecule has 1 spiro atoms. The molecule has 1 aromatic heterocycles. The van der Waals surface area contributed by atoms with Crippen LogP contribution in [0.25, 0.3) is 10.9 Å². The highest BCUT2D eigenvalue weighted by atomic mass is 19.3. The van der Waals surface area contributed by atoms with E-state index in [-0.39, 0.29) is 53.4 Å². The van der Waals surface area contributed by atoms with Crippen molar-refractivity contribution in [3.05, 3.63) is 99.2 Å². The Kier molecular flexibility index (Phi) is 9.17. The number of imide groups is 2. The third-order valence-corrected chi connectivity index (χ3v) is 13.7. The number of H-pyrrole nitrogens is 1. The van der Waals surface area contributed by atoms with Crippen LogP contribution < -0.4 is 10.2 Å². The number of amides is 5. The van der Waals surface area contributed by atoms with Crippen LogP contribution in [0.4, 0.5) is 23.2 Å². The predicted octanol–water partition coefficient (Wildman–Crippen LogP) is 4.89. The second-order valence-electron chi connectivity index (χ2n) is 17.4. The van der Waals surface area contributed by atoms with Crippen molar-refractivity contribution in [1.82, 2.24) is 29.9 Å². The van der Waals surface area contributed by atoms with Gasteiger partial charge in [-0.1, -0.05) is 18.2 Å². The summed E-state index contributed by atoms with van der Waals surface area (Å²) in [7, 11) is 0. The van der Waals surface area contributed by atoms with E-state index in [1.807, 2.05) is 45.9 Å². The van der Waals surface area contributed by atoms with Gasteiger partial charge in [0.25, 0.3) is 18.2 Å². The fourth-order valence-electron chi connectivity index (χ4n) is 10.6. The van der Waals surface area contributed by atoms with Crippen molar-refractivity contribution in [2.45, 2.75) is 76.7 Å². The van der Waals surface area contributed by atoms with Gasteiger partial charge in [0.05, 0.1) is 30.3 Å². The van der Waals surface area contributed by atoms with Crippen LogP contribution in [-0.2, 0) is 33.9 Å². The zero-order valence-corrected chi connectivity index (χ0v) is 32.9. The minimum Gasteiger partial charge on any atom is -0.370 e. The predicted molar refractivity (Wildman–Crippen MR) is 210 cm³/mol. The number of carbonyl (C=O) groups is 5. The molecule has 7 heterocycles. The van der Waals surface area contributed by atoms with Gasteiger partial charge in [0.2, 0.25) is 17.7 Å². The Balaban J connectivity index is 0.767. The number of rotatable bonds is 7. The molecule has 6 aliphatic heterocycles. The van der Waals surface area contributed by atoms with E-state index in [0.717, 1.165) is 45.3 Å². The third kappa shape index (κ3) is 6.28. The number of carbonyl (C=O) groups excluding carboxylic acids is 5. The van der Waals surface area contributed by atoms with Crippen LogP contribution in [0.1, 0.15) is 87.3 Å². The number of nitrogens with zero attached hydrogens (tertiary/aromatic N) is 5. The van der Waals surface area contributed by atoms with Gasteiger partial charge in [0, 0.05) is 85.0 Å². The van der Waals surface area contributed by atoms with E-state index in [9.17, 15) is 32.8 Å². The lowest BCUT2D eigenvalue weighted by atomic mass is 9.71. The molecule has 0 radical (unpaired) electrons. The molecule has 4 aromatic rings. The Hall–Kier alpha value is -5.61. The number of hydrogen-bond acceptors (Lipinski definition) is 8. The summed E-state index contributed by atoms with van der Waals surface area (Å²) in [6.07, 6.45) is -0.639. The summed E-state index contributed by atoms with van der Waals surface area (Å²) < 4.78 is 60.3. The quantitative estimate of drug-likeness (QED) is 0.199. The molecule has 0 bridgehead atoms.